The Morgan fingerprint density at radius 2 is 0.759 bits per heavy atom. The molecule has 0 fully saturated rings. The summed E-state index contributed by atoms with van der Waals surface area (Å²) in [6.07, 6.45) is 13.9. The summed E-state index contributed by atoms with van der Waals surface area (Å²) in [6.45, 7) is 27.0. The van der Waals surface area contributed by atoms with Crippen LogP contribution in [0.4, 0.5) is 0 Å². The molecule has 0 spiro atoms. The Morgan fingerprint density at radius 3 is 0.862 bits per heavy atom. The Bertz CT molecular complexity index is 576. The van der Waals surface area contributed by atoms with Gasteiger partial charge in [-0.15, -0.1) is 0 Å². The van der Waals surface area contributed by atoms with Crippen molar-refractivity contribution in [3.8, 4) is 0 Å². The number of hydrogen-bond donors (Lipinski definition) is 0. The molecule has 0 aromatic rings. The van der Waals surface area contributed by atoms with Crippen molar-refractivity contribution < 1.29 is 50.7 Å². The van der Waals surface area contributed by atoms with E-state index in [1.807, 2.05) is 0 Å². The molecule has 0 aromatic carbocycles. The maximum absolute atomic E-state index is 3.55. The SMILES string of the molecule is CC(C)(C)C1=[C-]C(C(C)(C)C)=CC1.CC(C)(C)C1=[C-]C(C(C)(C)C)=CC1.[Cl-].[Cl-].[Hf+4]. The second-order valence-electron chi connectivity index (χ2n) is 11.9. The van der Waals surface area contributed by atoms with Gasteiger partial charge in [-0.1, -0.05) is 95.9 Å². The van der Waals surface area contributed by atoms with Crippen LogP contribution in [0, 0.1) is 33.8 Å². The van der Waals surface area contributed by atoms with Crippen molar-refractivity contribution in [2.75, 3.05) is 0 Å². The van der Waals surface area contributed by atoms with Crippen LogP contribution < -0.4 is 24.8 Å². The fraction of sp³-hybridized carbons (Fsp3) is 0.692. The molecule has 2 aliphatic rings. The standard InChI is InChI=1S/2C13H21.2ClH.Hf/c2*1-12(2,3)10-7-8-11(9-10)13(4,5)6;;;/h2*7H,8H2,1-6H3;2*1H;/q2*-1;;;+4/p-2. The first-order valence-corrected chi connectivity index (χ1v) is 10.1. The Hall–Kier alpha value is 0.410. The van der Waals surface area contributed by atoms with Gasteiger partial charge < -0.3 is 24.8 Å². The van der Waals surface area contributed by atoms with E-state index in [1.54, 1.807) is 0 Å². The average molecular weight is 604 g/mol. The van der Waals surface area contributed by atoms with Crippen LogP contribution in [0.25, 0.3) is 0 Å². The molecular formula is C26H42Cl2Hf. The minimum absolute atomic E-state index is 0. The van der Waals surface area contributed by atoms with E-state index in [9.17, 15) is 0 Å². The first-order chi connectivity index (χ1) is 11.4. The Labute approximate surface area is 213 Å². The summed E-state index contributed by atoms with van der Waals surface area (Å²) in [5, 5.41) is 0. The van der Waals surface area contributed by atoms with Crippen LogP contribution in [0.3, 0.4) is 0 Å². The third-order valence-electron chi connectivity index (χ3n) is 5.02. The number of hydrogen-bond acceptors (Lipinski definition) is 0. The molecule has 0 atom stereocenters. The molecule has 0 amide bonds. The predicted molar refractivity (Wildman–Crippen MR) is 117 cm³/mol. The van der Waals surface area contributed by atoms with Crippen LogP contribution in [0.1, 0.15) is 95.9 Å². The quantitative estimate of drug-likeness (QED) is 0.295. The van der Waals surface area contributed by atoms with Gasteiger partial charge in [-0.2, -0.15) is 11.1 Å². The third kappa shape index (κ3) is 11.0. The van der Waals surface area contributed by atoms with Crippen molar-refractivity contribution >= 4 is 0 Å². The Balaban J connectivity index is -0.000000422. The summed E-state index contributed by atoms with van der Waals surface area (Å²) < 4.78 is 0. The zero-order valence-electron chi connectivity index (χ0n) is 20.8. The smallest absolute Gasteiger partial charge is 1.00 e. The molecule has 3 heteroatoms. The second kappa shape index (κ2) is 11.9. The molecule has 0 aromatic heterocycles. The van der Waals surface area contributed by atoms with Crippen molar-refractivity contribution in [3.63, 3.8) is 0 Å². The maximum Gasteiger partial charge on any atom is 4.00 e. The third-order valence-corrected chi connectivity index (χ3v) is 5.02. The molecule has 0 N–H and O–H groups in total. The van der Waals surface area contributed by atoms with E-state index in [1.165, 1.54) is 22.3 Å². The van der Waals surface area contributed by atoms with E-state index in [4.69, 9.17) is 0 Å². The minimum Gasteiger partial charge on any atom is -1.00 e. The molecule has 0 saturated carbocycles. The zero-order valence-corrected chi connectivity index (χ0v) is 25.9. The summed E-state index contributed by atoms with van der Waals surface area (Å²) in [7, 11) is 0. The Kier molecular flexibility index (Phi) is 13.9. The molecule has 0 heterocycles. The van der Waals surface area contributed by atoms with Gasteiger partial charge >= 0.3 is 25.8 Å². The van der Waals surface area contributed by atoms with Gasteiger partial charge in [-0.25, -0.2) is 35.5 Å². The summed E-state index contributed by atoms with van der Waals surface area (Å²) in [6, 6.07) is 0. The number of rotatable bonds is 0. The van der Waals surface area contributed by atoms with Crippen molar-refractivity contribution in [1.29, 1.82) is 0 Å². The molecule has 29 heavy (non-hydrogen) atoms. The van der Waals surface area contributed by atoms with E-state index in [0.717, 1.165) is 12.8 Å². The van der Waals surface area contributed by atoms with Gasteiger partial charge in [0.15, 0.2) is 0 Å². The summed E-state index contributed by atoms with van der Waals surface area (Å²) in [5.41, 5.74) is 6.71. The second-order valence-corrected chi connectivity index (χ2v) is 11.9. The van der Waals surface area contributed by atoms with Crippen LogP contribution in [0.15, 0.2) is 34.4 Å². The first-order valence-electron chi connectivity index (χ1n) is 10.1. The van der Waals surface area contributed by atoms with Gasteiger partial charge in [0, 0.05) is 0 Å². The predicted octanol–water partition coefficient (Wildman–Crippen LogP) is 2.28. The largest absolute Gasteiger partial charge is 4.00 e. The molecule has 2 rings (SSSR count). The van der Waals surface area contributed by atoms with Gasteiger partial charge in [0.2, 0.25) is 0 Å². The molecule has 0 bridgehead atoms. The average Bonchev–Trinajstić information content (AvgIpc) is 3.06. The van der Waals surface area contributed by atoms with Crippen LogP contribution in [0.2, 0.25) is 0 Å². The zero-order chi connectivity index (χ0) is 20.6. The van der Waals surface area contributed by atoms with Crippen molar-refractivity contribution in [1.82, 2.24) is 0 Å². The molecule has 0 radical (unpaired) electrons. The van der Waals surface area contributed by atoms with Gasteiger partial charge in [-0.05, 0) is 21.7 Å². The van der Waals surface area contributed by atoms with Gasteiger partial charge in [0.25, 0.3) is 0 Å². The van der Waals surface area contributed by atoms with Crippen molar-refractivity contribution in [3.05, 3.63) is 46.6 Å². The van der Waals surface area contributed by atoms with Gasteiger partial charge in [0.05, 0.1) is 0 Å². The number of halogens is 2. The van der Waals surface area contributed by atoms with Crippen LogP contribution >= 0.6 is 0 Å². The van der Waals surface area contributed by atoms with Gasteiger partial charge in [-0.3, -0.25) is 0 Å². The van der Waals surface area contributed by atoms with E-state index in [2.05, 4.69) is 107 Å². The molecule has 0 saturated heterocycles. The summed E-state index contributed by atoms with van der Waals surface area (Å²) in [5.74, 6) is 0. The fourth-order valence-electron chi connectivity index (χ4n) is 2.91. The van der Waals surface area contributed by atoms with E-state index in [0.29, 0.717) is 0 Å². The number of allylic oxidation sites excluding steroid dienone is 8. The summed E-state index contributed by atoms with van der Waals surface area (Å²) in [4.78, 5) is 0. The molecule has 0 nitrogen and oxygen atoms in total. The van der Waals surface area contributed by atoms with Crippen LogP contribution in [0.5, 0.6) is 0 Å². The molecule has 2 aliphatic carbocycles. The van der Waals surface area contributed by atoms with E-state index < -0.39 is 0 Å². The Morgan fingerprint density at radius 1 is 0.517 bits per heavy atom. The minimum atomic E-state index is 0. The molecule has 164 valence electrons. The van der Waals surface area contributed by atoms with Gasteiger partial charge in [0.1, 0.15) is 0 Å². The maximum atomic E-state index is 3.55. The molecule has 0 aliphatic heterocycles. The monoisotopic (exact) mass is 604 g/mol. The van der Waals surface area contributed by atoms with Crippen molar-refractivity contribution in [2.45, 2.75) is 95.9 Å². The normalized spacial score (nSPS) is 16.7. The van der Waals surface area contributed by atoms with Crippen molar-refractivity contribution in [2.24, 2.45) is 21.7 Å². The topological polar surface area (TPSA) is 0 Å². The molecular weight excluding hydrogens is 562 g/mol. The fourth-order valence-corrected chi connectivity index (χ4v) is 2.91. The van der Waals surface area contributed by atoms with Crippen LogP contribution in [-0.4, -0.2) is 0 Å². The summed E-state index contributed by atoms with van der Waals surface area (Å²) >= 11 is 0. The first kappa shape index (κ1) is 34.0. The van der Waals surface area contributed by atoms with E-state index >= 15 is 0 Å². The molecule has 0 unspecified atom stereocenters. The van der Waals surface area contributed by atoms with E-state index in [-0.39, 0.29) is 72.3 Å². The van der Waals surface area contributed by atoms with Crippen LogP contribution in [-0.2, 0) is 25.8 Å².